The molecule has 5 heterocycles. The number of hydrogen-bond acceptors (Lipinski definition) is 3. The molecule has 3 aliphatic heterocycles. The number of nitrogens with zero attached hydrogens (tertiary/aromatic N) is 3. The Balaban J connectivity index is 1.53. The number of amides is 1. The summed E-state index contributed by atoms with van der Waals surface area (Å²) in [5.41, 5.74) is 2.49. The molecule has 0 aliphatic carbocycles. The van der Waals surface area contributed by atoms with Crippen LogP contribution in [0, 0.1) is 12.8 Å². The van der Waals surface area contributed by atoms with Gasteiger partial charge in [0.25, 0.3) is 5.91 Å². The molecule has 21 heavy (non-hydrogen) atoms. The van der Waals surface area contributed by atoms with Gasteiger partial charge < -0.3 is 14.6 Å². The minimum Gasteiger partial charge on any atom is -0.348 e. The summed E-state index contributed by atoms with van der Waals surface area (Å²) >= 11 is 0. The maximum atomic E-state index is 12.5. The van der Waals surface area contributed by atoms with Crippen molar-refractivity contribution in [1.82, 2.24) is 19.6 Å². The molecule has 0 radical (unpaired) electrons. The average Bonchev–Trinajstić information content (AvgIpc) is 2.87. The van der Waals surface area contributed by atoms with Crippen molar-refractivity contribution in [2.45, 2.75) is 25.8 Å². The van der Waals surface area contributed by atoms with Crippen LogP contribution >= 0.6 is 0 Å². The third-order valence-corrected chi connectivity index (χ3v) is 4.82. The molecule has 0 aromatic carbocycles. The van der Waals surface area contributed by atoms with Crippen molar-refractivity contribution in [3.05, 3.63) is 35.8 Å². The number of aromatic nitrogens is 2. The Bertz CT molecular complexity index is 685. The van der Waals surface area contributed by atoms with Gasteiger partial charge in [0.05, 0.1) is 5.69 Å². The summed E-state index contributed by atoms with van der Waals surface area (Å²) < 4.78 is 1.94. The van der Waals surface area contributed by atoms with Crippen LogP contribution in [0.25, 0.3) is 5.65 Å². The largest absolute Gasteiger partial charge is 0.348 e. The summed E-state index contributed by atoms with van der Waals surface area (Å²) in [6.45, 7) is 5.34. The highest BCUT2D eigenvalue weighted by Crippen LogP contribution is 2.27. The number of imidazole rings is 1. The number of hydrogen-bond donors (Lipinski definition) is 1. The molecule has 2 aromatic rings. The molecule has 0 saturated carbocycles. The van der Waals surface area contributed by atoms with Gasteiger partial charge in [-0.15, -0.1) is 0 Å². The molecule has 3 saturated heterocycles. The highest BCUT2D eigenvalue weighted by atomic mass is 16.1. The van der Waals surface area contributed by atoms with Gasteiger partial charge in [0.2, 0.25) is 0 Å². The van der Waals surface area contributed by atoms with Crippen LogP contribution in [0.5, 0.6) is 0 Å². The fraction of sp³-hybridized carbons (Fsp3) is 0.500. The van der Waals surface area contributed by atoms with Crippen LogP contribution in [-0.4, -0.2) is 45.9 Å². The predicted molar refractivity (Wildman–Crippen MR) is 80.3 cm³/mol. The first kappa shape index (κ1) is 12.8. The normalized spacial score (nSPS) is 28.0. The second-order valence-corrected chi connectivity index (χ2v) is 6.28. The molecule has 1 amide bonds. The molecule has 2 aromatic heterocycles. The number of nitrogens with one attached hydrogen (secondary N) is 1. The zero-order valence-corrected chi connectivity index (χ0v) is 12.2. The van der Waals surface area contributed by atoms with Crippen molar-refractivity contribution >= 4 is 11.6 Å². The molecule has 0 spiro atoms. The van der Waals surface area contributed by atoms with Gasteiger partial charge in [-0.1, -0.05) is 0 Å². The van der Waals surface area contributed by atoms with E-state index in [0.29, 0.717) is 17.5 Å². The molecular formula is C16H20N4O. The van der Waals surface area contributed by atoms with E-state index in [-0.39, 0.29) is 5.91 Å². The number of carbonyl (C=O) groups excluding carboxylic acids is 1. The standard InChI is InChI=1S/C16H20N4O/c1-11-9-20-7-4-13(8-15(20)17-11)16(21)18-14-10-19-5-2-12(14)3-6-19/h4,7-9,12,14H,2-3,5-6,10H2,1H3,(H,18,21)/t14-/m0/s1. The monoisotopic (exact) mass is 284 g/mol. The van der Waals surface area contributed by atoms with Crippen LogP contribution in [0.3, 0.4) is 0 Å². The smallest absolute Gasteiger partial charge is 0.251 e. The number of piperidine rings is 3. The van der Waals surface area contributed by atoms with Crippen LogP contribution < -0.4 is 5.32 Å². The summed E-state index contributed by atoms with van der Waals surface area (Å²) in [4.78, 5) is 19.3. The van der Waals surface area contributed by atoms with Gasteiger partial charge in [-0.2, -0.15) is 0 Å². The second-order valence-electron chi connectivity index (χ2n) is 6.28. The van der Waals surface area contributed by atoms with Crippen molar-refractivity contribution in [2.75, 3.05) is 19.6 Å². The van der Waals surface area contributed by atoms with Crippen molar-refractivity contribution in [3.8, 4) is 0 Å². The van der Waals surface area contributed by atoms with E-state index in [1.807, 2.05) is 35.9 Å². The second kappa shape index (κ2) is 4.84. The first-order valence-electron chi connectivity index (χ1n) is 7.67. The van der Waals surface area contributed by atoms with E-state index in [1.54, 1.807) is 0 Å². The zero-order chi connectivity index (χ0) is 14.4. The van der Waals surface area contributed by atoms with Gasteiger partial charge in [0, 0.05) is 30.5 Å². The molecule has 1 atom stereocenters. The molecule has 5 heteroatoms. The van der Waals surface area contributed by atoms with Gasteiger partial charge in [-0.25, -0.2) is 4.98 Å². The number of carbonyl (C=O) groups is 1. The summed E-state index contributed by atoms with van der Waals surface area (Å²) in [7, 11) is 0. The van der Waals surface area contributed by atoms with E-state index in [4.69, 9.17) is 0 Å². The minimum atomic E-state index is 0.0249. The summed E-state index contributed by atoms with van der Waals surface area (Å²) in [6, 6.07) is 4.03. The zero-order valence-electron chi connectivity index (χ0n) is 12.2. The molecular weight excluding hydrogens is 264 g/mol. The van der Waals surface area contributed by atoms with E-state index in [1.165, 1.54) is 25.9 Å². The summed E-state index contributed by atoms with van der Waals surface area (Å²) in [6.07, 6.45) is 6.29. The van der Waals surface area contributed by atoms with Crippen molar-refractivity contribution in [3.63, 3.8) is 0 Å². The van der Waals surface area contributed by atoms with Crippen molar-refractivity contribution < 1.29 is 4.79 Å². The van der Waals surface area contributed by atoms with Crippen LogP contribution in [0.4, 0.5) is 0 Å². The number of aryl methyl sites for hydroxylation is 1. The third kappa shape index (κ3) is 2.31. The highest BCUT2D eigenvalue weighted by Gasteiger charge is 2.34. The lowest BCUT2D eigenvalue weighted by molar-refractivity contribution is 0.0620. The van der Waals surface area contributed by atoms with Gasteiger partial charge in [-0.3, -0.25) is 4.79 Å². The number of pyridine rings is 1. The van der Waals surface area contributed by atoms with Gasteiger partial charge in [0.1, 0.15) is 5.65 Å². The molecule has 5 nitrogen and oxygen atoms in total. The Morgan fingerprint density at radius 3 is 2.90 bits per heavy atom. The Hall–Kier alpha value is -1.88. The number of rotatable bonds is 2. The highest BCUT2D eigenvalue weighted by molar-refractivity contribution is 5.95. The lowest BCUT2D eigenvalue weighted by Crippen LogP contribution is -2.57. The third-order valence-electron chi connectivity index (χ3n) is 4.82. The maximum Gasteiger partial charge on any atom is 0.251 e. The number of fused-ring (bicyclic) bond motifs is 4. The van der Waals surface area contributed by atoms with Gasteiger partial charge in [-0.05, 0) is 50.9 Å². The Kier molecular flexibility index (Phi) is 2.96. The topological polar surface area (TPSA) is 49.6 Å². The molecule has 5 rings (SSSR count). The quantitative estimate of drug-likeness (QED) is 0.908. The lowest BCUT2D eigenvalue weighted by Gasteiger charge is -2.44. The van der Waals surface area contributed by atoms with E-state index in [0.717, 1.165) is 17.9 Å². The fourth-order valence-electron chi connectivity index (χ4n) is 3.63. The van der Waals surface area contributed by atoms with Gasteiger partial charge >= 0.3 is 0 Å². The Morgan fingerprint density at radius 2 is 2.19 bits per heavy atom. The molecule has 1 N–H and O–H groups in total. The SMILES string of the molecule is Cc1cn2ccc(C(=O)N[C@H]3CN4CCC3CC4)cc2n1. The maximum absolute atomic E-state index is 12.5. The summed E-state index contributed by atoms with van der Waals surface area (Å²) in [5, 5.41) is 3.22. The Morgan fingerprint density at radius 1 is 1.38 bits per heavy atom. The van der Waals surface area contributed by atoms with E-state index in [2.05, 4.69) is 15.2 Å². The Labute approximate surface area is 124 Å². The minimum absolute atomic E-state index is 0.0249. The van der Waals surface area contributed by atoms with E-state index >= 15 is 0 Å². The lowest BCUT2D eigenvalue weighted by atomic mass is 9.84. The van der Waals surface area contributed by atoms with Crippen LogP contribution in [-0.2, 0) is 0 Å². The average molecular weight is 284 g/mol. The molecule has 0 unspecified atom stereocenters. The van der Waals surface area contributed by atoms with Crippen LogP contribution in [0.2, 0.25) is 0 Å². The van der Waals surface area contributed by atoms with Crippen molar-refractivity contribution in [1.29, 1.82) is 0 Å². The molecule has 2 bridgehead atoms. The molecule has 110 valence electrons. The first-order valence-corrected chi connectivity index (χ1v) is 7.67. The van der Waals surface area contributed by atoms with Crippen molar-refractivity contribution in [2.24, 2.45) is 5.92 Å². The predicted octanol–water partition coefficient (Wildman–Crippen LogP) is 1.47. The van der Waals surface area contributed by atoms with E-state index < -0.39 is 0 Å². The molecule has 3 fully saturated rings. The summed E-state index contributed by atoms with van der Waals surface area (Å²) in [5.74, 6) is 0.674. The van der Waals surface area contributed by atoms with Gasteiger partial charge in [0.15, 0.2) is 0 Å². The van der Waals surface area contributed by atoms with E-state index in [9.17, 15) is 4.79 Å². The fourth-order valence-corrected chi connectivity index (χ4v) is 3.63. The first-order chi connectivity index (χ1) is 10.2. The van der Waals surface area contributed by atoms with Crippen LogP contribution in [0.15, 0.2) is 24.5 Å². The molecule has 3 aliphatic rings. The van der Waals surface area contributed by atoms with Crippen LogP contribution in [0.1, 0.15) is 28.9 Å².